The number of aliphatic imine (C=N–C) groups is 1. The van der Waals surface area contributed by atoms with E-state index in [4.69, 9.17) is 22.9 Å². The molecular weight excluding hydrogens is 528 g/mol. The van der Waals surface area contributed by atoms with Crippen molar-refractivity contribution in [1.82, 2.24) is 16.0 Å². The third-order valence-corrected chi connectivity index (χ3v) is 6.08. The average Bonchev–Trinajstić information content (AvgIpc) is 2.89. The minimum Gasteiger partial charge on any atom is -0.508 e. The van der Waals surface area contributed by atoms with Crippen LogP contribution in [0.3, 0.4) is 0 Å². The van der Waals surface area contributed by atoms with E-state index in [1.165, 1.54) is 12.1 Å². The van der Waals surface area contributed by atoms with Gasteiger partial charge in [-0.3, -0.25) is 19.4 Å². The molecule has 0 heterocycles. The van der Waals surface area contributed by atoms with Gasteiger partial charge in [-0.2, -0.15) is 12.6 Å². The molecule has 0 aromatic heterocycles. The number of carbonyl (C=O) groups excluding carboxylic acids is 3. The number of aliphatic carboxylic acids is 1. The number of benzene rings is 1. The number of unbranched alkanes of at least 4 members (excludes halogenated alkanes) is 1. The minimum atomic E-state index is -1.22. The molecule has 1 aromatic rings. The maximum Gasteiger partial charge on any atom is 0.326 e. The molecule has 1 aromatic carbocycles. The van der Waals surface area contributed by atoms with Crippen LogP contribution in [-0.4, -0.2) is 82.9 Å². The van der Waals surface area contributed by atoms with Crippen LogP contribution in [0.2, 0.25) is 0 Å². The number of carboxylic acid groups (broad SMARTS) is 1. The Hall–Kier alpha value is -3.56. The van der Waals surface area contributed by atoms with Gasteiger partial charge < -0.3 is 49.1 Å². The third kappa shape index (κ3) is 13.2. The smallest absolute Gasteiger partial charge is 0.326 e. The van der Waals surface area contributed by atoms with Crippen molar-refractivity contribution in [3.8, 4) is 5.75 Å². The van der Waals surface area contributed by atoms with Crippen LogP contribution in [0, 0.1) is 0 Å². The zero-order chi connectivity index (χ0) is 29.4. The van der Waals surface area contributed by atoms with E-state index in [9.17, 15) is 29.4 Å². The molecule has 0 saturated heterocycles. The molecule has 4 atom stereocenters. The van der Waals surface area contributed by atoms with Crippen molar-refractivity contribution < 1.29 is 29.4 Å². The fourth-order valence-corrected chi connectivity index (χ4v) is 3.67. The molecule has 4 unspecified atom stereocenters. The molecular formula is C24H40N8O6S. The SMILES string of the molecule is NCCCCC(NC(=O)C(Cc1ccc(O)cc1)NC(=O)C(CCCN=C(N)N)NC(=O)C(N)CS)C(=O)O. The van der Waals surface area contributed by atoms with Crippen LogP contribution in [0.15, 0.2) is 29.3 Å². The van der Waals surface area contributed by atoms with Gasteiger partial charge >= 0.3 is 5.97 Å². The molecule has 0 aliphatic carbocycles. The Labute approximate surface area is 232 Å². The van der Waals surface area contributed by atoms with Gasteiger partial charge in [0.25, 0.3) is 0 Å². The highest BCUT2D eigenvalue weighted by molar-refractivity contribution is 7.80. The van der Waals surface area contributed by atoms with Gasteiger partial charge in [0, 0.05) is 18.7 Å². The maximum atomic E-state index is 13.3. The number of nitrogens with one attached hydrogen (secondary N) is 3. The number of guanidine groups is 1. The monoisotopic (exact) mass is 568 g/mol. The summed E-state index contributed by atoms with van der Waals surface area (Å²) in [6.45, 7) is 0.577. The molecule has 0 radical (unpaired) electrons. The largest absolute Gasteiger partial charge is 0.508 e. The van der Waals surface area contributed by atoms with Gasteiger partial charge in [0.2, 0.25) is 17.7 Å². The number of nitrogens with two attached hydrogens (primary N) is 4. The lowest BCUT2D eigenvalue weighted by molar-refractivity contribution is -0.142. The topological polar surface area (TPSA) is 261 Å². The van der Waals surface area contributed by atoms with E-state index < -0.39 is 47.9 Å². The molecule has 0 saturated carbocycles. The Morgan fingerprint density at radius 3 is 2.00 bits per heavy atom. The van der Waals surface area contributed by atoms with Crippen molar-refractivity contribution in [2.45, 2.75) is 62.7 Å². The lowest BCUT2D eigenvalue weighted by atomic mass is 10.0. The predicted molar refractivity (Wildman–Crippen MR) is 150 cm³/mol. The second kappa shape index (κ2) is 17.9. The molecule has 14 nitrogen and oxygen atoms in total. The molecule has 0 aliphatic rings. The van der Waals surface area contributed by atoms with Gasteiger partial charge in [0.05, 0.1) is 6.04 Å². The van der Waals surface area contributed by atoms with E-state index in [0.29, 0.717) is 31.4 Å². The Balaban J connectivity index is 3.15. The summed E-state index contributed by atoms with van der Waals surface area (Å²) in [6, 6.07) is 1.53. The molecule has 1 rings (SSSR count). The molecule has 218 valence electrons. The number of hydrogen-bond donors (Lipinski definition) is 10. The van der Waals surface area contributed by atoms with E-state index >= 15 is 0 Å². The second-order valence-electron chi connectivity index (χ2n) is 8.91. The van der Waals surface area contributed by atoms with E-state index in [-0.39, 0.29) is 43.3 Å². The Kier molecular flexibility index (Phi) is 15.3. The molecule has 13 N–H and O–H groups in total. The zero-order valence-electron chi connectivity index (χ0n) is 21.7. The van der Waals surface area contributed by atoms with Gasteiger partial charge in [-0.15, -0.1) is 0 Å². The predicted octanol–water partition coefficient (Wildman–Crippen LogP) is -2.09. The van der Waals surface area contributed by atoms with E-state index in [1.54, 1.807) is 12.1 Å². The van der Waals surface area contributed by atoms with Crippen LogP contribution in [0.1, 0.15) is 37.7 Å². The van der Waals surface area contributed by atoms with Crippen LogP contribution in [-0.2, 0) is 25.6 Å². The molecule has 15 heteroatoms. The second-order valence-corrected chi connectivity index (χ2v) is 9.28. The highest BCUT2D eigenvalue weighted by Crippen LogP contribution is 2.12. The molecule has 0 spiro atoms. The van der Waals surface area contributed by atoms with Crippen LogP contribution in [0.5, 0.6) is 5.75 Å². The molecule has 39 heavy (non-hydrogen) atoms. The number of carbonyl (C=O) groups is 4. The number of hydrogen-bond acceptors (Lipinski definition) is 9. The summed E-state index contributed by atoms with van der Waals surface area (Å²) in [6.07, 6.45) is 1.66. The van der Waals surface area contributed by atoms with Gasteiger partial charge in [0.15, 0.2) is 5.96 Å². The molecule has 0 aliphatic heterocycles. The Morgan fingerprint density at radius 1 is 0.872 bits per heavy atom. The fraction of sp³-hybridized carbons (Fsp3) is 0.542. The average molecular weight is 569 g/mol. The number of phenolic OH excluding ortho intramolecular Hbond substituents is 1. The van der Waals surface area contributed by atoms with Gasteiger partial charge in [-0.1, -0.05) is 12.1 Å². The number of rotatable bonds is 18. The third-order valence-electron chi connectivity index (χ3n) is 5.68. The highest BCUT2D eigenvalue weighted by Gasteiger charge is 2.30. The van der Waals surface area contributed by atoms with Gasteiger partial charge in [-0.25, -0.2) is 4.79 Å². The summed E-state index contributed by atoms with van der Waals surface area (Å²) >= 11 is 4.00. The number of carboxylic acids is 1. The Bertz CT molecular complexity index is 974. The standard InChI is InChI=1S/C24H40N8O6S/c25-10-2-1-4-18(23(37)38)31-22(36)19(12-14-6-8-15(33)9-7-14)32-21(35)17(5-3-11-29-24(27)28)30-20(34)16(26)13-39/h6-9,16-19,33,39H,1-5,10-13,25-26H2,(H,30,34)(H,31,36)(H,32,35)(H,37,38)(H4,27,28,29). The quantitative estimate of drug-likeness (QED) is 0.0399. The molecule has 0 fully saturated rings. The van der Waals surface area contributed by atoms with Crippen LogP contribution >= 0.6 is 12.6 Å². The summed E-state index contributed by atoms with van der Waals surface area (Å²) in [7, 11) is 0. The summed E-state index contributed by atoms with van der Waals surface area (Å²) in [5.74, 6) is -3.32. The van der Waals surface area contributed by atoms with E-state index in [2.05, 4.69) is 33.6 Å². The minimum absolute atomic E-state index is 0.0127. The van der Waals surface area contributed by atoms with E-state index in [1.807, 2.05) is 0 Å². The first kappa shape index (κ1) is 33.5. The van der Waals surface area contributed by atoms with Crippen molar-refractivity contribution in [2.75, 3.05) is 18.8 Å². The number of thiol groups is 1. The number of aromatic hydroxyl groups is 1. The van der Waals surface area contributed by atoms with E-state index in [0.717, 1.165) is 0 Å². The first-order chi connectivity index (χ1) is 18.5. The van der Waals surface area contributed by atoms with Crippen LogP contribution in [0.4, 0.5) is 0 Å². The van der Waals surface area contributed by atoms with Crippen molar-refractivity contribution in [3.63, 3.8) is 0 Å². The van der Waals surface area contributed by atoms with Crippen molar-refractivity contribution >= 4 is 42.3 Å². The molecule has 0 bridgehead atoms. The lowest BCUT2D eigenvalue weighted by Crippen LogP contribution is -2.57. The zero-order valence-corrected chi connectivity index (χ0v) is 22.6. The van der Waals surface area contributed by atoms with Crippen molar-refractivity contribution in [2.24, 2.45) is 27.9 Å². The summed E-state index contributed by atoms with van der Waals surface area (Å²) in [4.78, 5) is 54.5. The first-order valence-corrected chi connectivity index (χ1v) is 13.1. The van der Waals surface area contributed by atoms with Crippen LogP contribution in [0.25, 0.3) is 0 Å². The van der Waals surface area contributed by atoms with Crippen LogP contribution < -0.4 is 38.9 Å². The normalized spacial score (nSPS) is 13.8. The number of amides is 3. The summed E-state index contributed by atoms with van der Waals surface area (Å²) < 4.78 is 0. The highest BCUT2D eigenvalue weighted by atomic mass is 32.1. The molecule has 3 amide bonds. The summed E-state index contributed by atoms with van der Waals surface area (Å²) in [5, 5.41) is 26.8. The Morgan fingerprint density at radius 2 is 1.44 bits per heavy atom. The lowest BCUT2D eigenvalue weighted by Gasteiger charge is -2.25. The van der Waals surface area contributed by atoms with Gasteiger partial charge in [-0.05, 0) is 56.3 Å². The number of phenols is 1. The first-order valence-electron chi connectivity index (χ1n) is 12.5. The van der Waals surface area contributed by atoms with Crippen molar-refractivity contribution in [3.05, 3.63) is 29.8 Å². The number of nitrogens with zero attached hydrogens (tertiary/aromatic N) is 1. The van der Waals surface area contributed by atoms with Crippen molar-refractivity contribution in [1.29, 1.82) is 0 Å². The fourth-order valence-electron chi connectivity index (χ4n) is 3.51. The van der Waals surface area contributed by atoms with Gasteiger partial charge in [0.1, 0.15) is 23.9 Å². The summed E-state index contributed by atoms with van der Waals surface area (Å²) in [5.41, 5.74) is 22.5. The maximum absolute atomic E-state index is 13.3.